The average Bonchev–Trinajstić information content (AvgIpc) is 2.80. The minimum atomic E-state index is -4.36. The molecule has 2 aromatic rings. The summed E-state index contributed by atoms with van der Waals surface area (Å²) >= 11 is 0. The summed E-state index contributed by atoms with van der Waals surface area (Å²) < 4.78 is 11.3. The van der Waals surface area contributed by atoms with Gasteiger partial charge in [0.1, 0.15) is 6.04 Å². The van der Waals surface area contributed by atoms with Crippen molar-refractivity contribution >= 4 is 19.5 Å². The Morgan fingerprint density at radius 3 is 2.12 bits per heavy atom. The summed E-state index contributed by atoms with van der Waals surface area (Å²) in [7, 11) is -4.36. The van der Waals surface area contributed by atoms with Crippen LogP contribution in [0.4, 0.5) is 0 Å². The Bertz CT molecular complexity index is 970. The zero-order valence-electron chi connectivity index (χ0n) is 18.4. The Balaban J connectivity index is 1.69. The molecule has 3 rings (SSSR count). The molecule has 33 heavy (non-hydrogen) atoms. The highest BCUT2D eigenvalue weighted by atomic mass is 31.2. The van der Waals surface area contributed by atoms with E-state index in [9.17, 15) is 29.0 Å². The number of carbonyl (C=O) groups is 2. The molecule has 178 valence electrons. The maximum absolute atomic E-state index is 13.0. The lowest BCUT2D eigenvalue weighted by Crippen LogP contribution is -2.54. The number of nitrogens with one attached hydrogen (secondary N) is 2. The van der Waals surface area contributed by atoms with Gasteiger partial charge in [0.2, 0.25) is 5.91 Å². The third kappa shape index (κ3) is 7.79. The molecule has 2 aromatic carbocycles. The molecule has 2 atom stereocenters. The zero-order valence-corrected chi connectivity index (χ0v) is 19.3. The first-order valence-corrected chi connectivity index (χ1v) is 13.0. The highest BCUT2D eigenvalue weighted by Crippen LogP contribution is 2.34. The van der Waals surface area contributed by atoms with E-state index in [2.05, 4.69) is 10.6 Å². The van der Waals surface area contributed by atoms with Crippen molar-refractivity contribution in [3.63, 3.8) is 0 Å². The van der Waals surface area contributed by atoms with E-state index < -0.39 is 37.8 Å². The molecule has 0 bridgehead atoms. The normalized spacial score (nSPS) is 16.7. The zero-order chi connectivity index (χ0) is 23.8. The molecule has 1 amide bonds. The van der Waals surface area contributed by atoms with E-state index in [1.807, 2.05) is 54.6 Å². The molecule has 0 aliphatic heterocycles. The van der Waals surface area contributed by atoms with E-state index in [-0.39, 0.29) is 12.3 Å². The van der Waals surface area contributed by atoms with Gasteiger partial charge in [0.05, 0.1) is 12.3 Å². The molecule has 0 spiro atoms. The van der Waals surface area contributed by atoms with E-state index >= 15 is 0 Å². The highest BCUT2D eigenvalue weighted by Gasteiger charge is 2.33. The van der Waals surface area contributed by atoms with Gasteiger partial charge in [-0.2, -0.15) is 0 Å². The number of amides is 1. The third-order valence-corrected chi connectivity index (χ3v) is 6.63. The number of rotatable bonds is 10. The molecule has 8 nitrogen and oxygen atoms in total. The van der Waals surface area contributed by atoms with Crippen molar-refractivity contribution in [1.29, 1.82) is 0 Å². The van der Waals surface area contributed by atoms with Crippen molar-refractivity contribution in [2.45, 2.75) is 50.6 Å². The molecule has 9 heteroatoms. The van der Waals surface area contributed by atoms with Crippen LogP contribution in [0.15, 0.2) is 54.6 Å². The predicted octanol–water partition coefficient (Wildman–Crippen LogP) is 3.14. The van der Waals surface area contributed by atoms with E-state index in [0.717, 1.165) is 48.8 Å². The highest BCUT2D eigenvalue weighted by molar-refractivity contribution is 7.51. The molecule has 1 aliphatic rings. The second-order valence-electron chi connectivity index (χ2n) is 8.57. The van der Waals surface area contributed by atoms with Crippen molar-refractivity contribution < 1.29 is 29.0 Å². The minimum absolute atomic E-state index is 0.0927. The monoisotopic (exact) mass is 474 g/mol. The fourth-order valence-electron chi connectivity index (χ4n) is 4.32. The van der Waals surface area contributed by atoms with E-state index in [0.29, 0.717) is 0 Å². The van der Waals surface area contributed by atoms with Gasteiger partial charge in [-0.05, 0) is 35.4 Å². The molecule has 1 aliphatic carbocycles. The molecular formula is C24H31N2O6P. The fourth-order valence-corrected chi connectivity index (χ4v) is 4.75. The molecule has 0 radical (unpaired) electrons. The summed E-state index contributed by atoms with van der Waals surface area (Å²) in [6, 6.07) is 15.3. The van der Waals surface area contributed by atoms with Crippen molar-refractivity contribution in [1.82, 2.24) is 10.6 Å². The molecular weight excluding hydrogens is 443 g/mol. The number of hydrogen-bond donors (Lipinski definition) is 5. The number of carboxylic acid groups (broad SMARTS) is 1. The van der Waals surface area contributed by atoms with Crippen LogP contribution in [0.2, 0.25) is 0 Å². The molecule has 5 N–H and O–H groups in total. The van der Waals surface area contributed by atoms with Gasteiger partial charge >= 0.3 is 13.6 Å². The summed E-state index contributed by atoms with van der Waals surface area (Å²) in [5.41, 5.74) is 2.83. The summed E-state index contributed by atoms with van der Waals surface area (Å²) in [6.45, 7) is 0. The van der Waals surface area contributed by atoms with E-state index in [4.69, 9.17) is 0 Å². The molecule has 0 unspecified atom stereocenters. The first-order valence-electron chi connectivity index (χ1n) is 11.2. The van der Waals surface area contributed by atoms with Crippen LogP contribution in [0, 0.1) is 5.92 Å². The average molecular weight is 474 g/mol. The van der Waals surface area contributed by atoms with Gasteiger partial charge in [-0.3, -0.25) is 14.7 Å². The molecule has 1 saturated carbocycles. The Morgan fingerprint density at radius 2 is 1.55 bits per heavy atom. The van der Waals surface area contributed by atoms with Gasteiger partial charge in [0, 0.05) is 6.42 Å². The molecule has 0 aromatic heterocycles. The third-order valence-electron chi connectivity index (χ3n) is 6.04. The first kappa shape index (κ1) is 25.1. The Labute approximate surface area is 193 Å². The Hall–Kier alpha value is -2.51. The van der Waals surface area contributed by atoms with Crippen LogP contribution in [-0.4, -0.2) is 45.1 Å². The summed E-state index contributed by atoms with van der Waals surface area (Å²) in [5, 5.41) is 15.0. The van der Waals surface area contributed by atoms with Gasteiger partial charge in [-0.25, -0.2) is 4.79 Å². The fraction of sp³-hybridized carbons (Fsp3) is 0.417. The van der Waals surface area contributed by atoms with Crippen molar-refractivity contribution in [2.75, 3.05) is 6.29 Å². The van der Waals surface area contributed by atoms with Crippen LogP contribution in [0.5, 0.6) is 0 Å². The number of benzene rings is 2. The van der Waals surface area contributed by atoms with Gasteiger partial charge < -0.3 is 20.2 Å². The molecule has 0 heterocycles. The lowest BCUT2D eigenvalue weighted by atomic mass is 9.83. The summed E-state index contributed by atoms with van der Waals surface area (Å²) in [6.07, 6.45) is 3.91. The summed E-state index contributed by atoms with van der Waals surface area (Å²) in [4.78, 5) is 43.4. The Morgan fingerprint density at radius 1 is 0.939 bits per heavy atom. The lowest BCUT2D eigenvalue weighted by Gasteiger charge is -2.31. The van der Waals surface area contributed by atoms with Crippen LogP contribution in [0.3, 0.4) is 0 Å². The second kappa shape index (κ2) is 11.6. The van der Waals surface area contributed by atoms with Crippen LogP contribution in [-0.2, 0) is 20.6 Å². The summed E-state index contributed by atoms with van der Waals surface area (Å²) in [5.74, 6) is -1.79. The predicted molar refractivity (Wildman–Crippen MR) is 126 cm³/mol. The topological polar surface area (TPSA) is 136 Å². The van der Waals surface area contributed by atoms with Crippen LogP contribution in [0.1, 0.15) is 37.7 Å². The SMILES string of the molecule is O=C(O)[C@H](Cc1ccc(-c2ccccc2)cc1)NC(=O)[C@@H](NCP(=O)(O)O)C1CCCCC1. The number of carbonyl (C=O) groups excluding carboxylic acids is 1. The van der Waals surface area contributed by atoms with Gasteiger partial charge in [0.25, 0.3) is 0 Å². The van der Waals surface area contributed by atoms with E-state index in [1.165, 1.54) is 0 Å². The minimum Gasteiger partial charge on any atom is -0.480 e. The van der Waals surface area contributed by atoms with Crippen molar-refractivity contribution in [3.05, 3.63) is 60.2 Å². The van der Waals surface area contributed by atoms with Crippen LogP contribution >= 0.6 is 7.60 Å². The maximum atomic E-state index is 13.0. The Kier molecular flexibility index (Phi) is 8.80. The quantitative estimate of drug-likeness (QED) is 0.334. The van der Waals surface area contributed by atoms with Gasteiger partial charge in [-0.15, -0.1) is 0 Å². The second-order valence-corrected chi connectivity index (χ2v) is 10.2. The van der Waals surface area contributed by atoms with Crippen LogP contribution < -0.4 is 10.6 Å². The smallest absolute Gasteiger partial charge is 0.339 e. The van der Waals surface area contributed by atoms with Crippen molar-refractivity contribution in [2.24, 2.45) is 5.92 Å². The van der Waals surface area contributed by atoms with Gasteiger partial charge in [0.15, 0.2) is 0 Å². The maximum Gasteiger partial charge on any atom is 0.339 e. The van der Waals surface area contributed by atoms with E-state index in [1.54, 1.807) is 0 Å². The van der Waals surface area contributed by atoms with Crippen LogP contribution in [0.25, 0.3) is 11.1 Å². The molecule has 0 saturated heterocycles. The standard InChI is InChI=1S/C24H31N2O6P/c27-23(22(25-16-33(30,31)32)20-9-5-2-6-10-20)26-21(24(28)29)15-17-11-13-19(14-12-17)18-7-3-1-4-8-18/h1,3-4,7-8,11-14,20-22,25H,2,5-6,9-10,15-16H2,(H,26,27)(H,28,29)(H2,30,31,32)/t21-,22-/m0/s1. The largest absolute Gasteiger partial charge is 0.480 e. The van der Waals surface area contributed by atoms with Gasteiger partial charge in [-0.1, -0.05) is 73.9 Å². The number of aliphatic carboxylic acids is 1. The van der Waals surface area contributed by atoms with Crippen molar-refractivity contribution in [3.8, 4) is 11.1 Å². The number of carboxylic acids is 1. The lowest BCUT2D eigenvalue weighted by molar-refractivity contribution is -0.142. The first-order chi connectivity index (χ1) is 15.7. The number of hydrogen-bond acceptors (Lipinski definition) is 4. The molecule has 1 fully saturated rings.